The molecule has 0 bridgehead atoms. The third-order valence-electron chi connectivity index (χ3n) is 3.72. The Morgan fingerprint density at radius 3 is 2.84 bits per heavy atom. The minimum atomic E-state index is 0.0363. The number of carbonyl (C=O) groups excluding carboxylic acids is 1. The van der Waals surface area contributed by atoms with Gasteiger partial charge >= 0.3 is 0 Å². The Labute approximate surface area is 114 Å². The number of ether oxygens (including phenoxy) is 1. The van der Waals surface area contributed by atoms with Gasteiger partial charge in [0.15, 0.2) is 5.75 Å². The van der Waals surface area contributed by atoms with E-state index in [9.17, 15) is 4.79 Å². The molecule has 0 saturated carbocycles. The standard InChI is InChI=1S/C15H22N2O2/c1-4-11(5-2)17(3)15(18)12-7-6-8-13-14(12)19-10-9-16-13/h6-8,11,16H,4-5,9-10H2,1-3H3. The van der Waals surface area contributed by atoms with Gasteiger partial charge in [-0.2, -0.15) is 0 Å². The van der Waals surface area contributed by atoms with Crippen LogP contribution in [0, 0.1) is 0 Å². The van der Waals surface area contributed by atoms with Gasteiger partial charge in [0.25, 0.3) is 5.91 Å². The quantitative estimate of drug-likeness (QED) is 0.907. The Morgan fingerprint density at radius 2 is 2.16 bits per heavy atom. The van der Waals surface area contributed by atoms with Crippen molar-refractivity contribution >= 4 is 11.6 Å². The van der Waals surface area contributed by atoms with Crippen LogP contribution in [0.1, 0.15) is 37.0 Å². The first-order chi connectivity index (χ1) is 9.19. The second kappa shape index (κ2) is 5.95. The second-order valence-electron chi connectivity index (χ2n) is 4.84. The Balaban J connectivity index is 2.29. The second-order valence-corrected chi connectivity index (χ2v) is 4.84. The Bertz CT molecular complexity index is 455. The number of fused-ring (bicyclic) bond motifs is 1. The molecule has 0 aromatic heterocycles. The average molecular weight is 262 g/mol. The van der Waals surface area contributed by atoms with Gasteiger partial charge in [-0.15, -0.1) is 0 Å². The van der Waals surface area contributed by atoms with Gasteiger partial charge in [0, 0.05) is 19.6 Å². The van der Waals surface area contributed by atoms with Crippen molar-refractivity contribution in [3.8, 4) is 5.75 Å². The number of amides is 1. The summed E-state index contributed by atoms with van der Waals surface area (Å²) in [6.07, 6.45) is 1.93. The summed E-state index contributed by atoms with van der Waals surface area (Å²) in [7, 11) is 1.87. The summed E-state index contributed by atoms with van der Waals surface area (Å²) in [6.45, 7) is 5.60. The molecule has 0 aliphatic carbocycles. The van der Waals surface area contributed by atoms with Crippen LogP contribution in [0.4, 0.5) is 5.69 Å². The molecule has 0 atom stereocenters. The molecule has 1 aromatic rings. The van der Waals surface area contributed by atoms with Crippen molar-refractivity contribution in [2.75, 3.05) is 25.5 Å². The Hall–Kier alpha value is -1.71. The molecule has 104 valence electrons. The van der Waals surface area contributed by atoms with E-state index >= 15 is 0 Å². The van der Waals surface area contributed by atoms with Gasteiger partial charge in [0.1, 0.15) is 6.61 Å². The summed E-state index contributed by atoms with van der Waals surface area (Å²) >= 11 is 0. The number of hydrogen-bond acceptors (Lipinski definition) is 3. The first-order valence-electron chi connectivity index (χ1n) is 6.95. The molecule has 0 saturated heterocycles. The molecule has 19 heavy (non-hydrogen) atoms. The molecule has 2 rings (SSSR count). The van der Waals surface area contributed by atoms with Gasteiger partial charge in [-0.05, 0) is 25.0 Å². The van der Waals surface area contributed by atoms with Gasteiger partial charge in [0.05, 0.1) is 11.3 Å². The van der Waals surface area contributed by atoms with E-state index in [4.69, 9.17) is 4.74 Å². The minimum Gasteiger partial charge on any atom is -0.489 e. The first kappa shape index (κ1) is 13.7. The Morgan fingerprint density at radius 1 is 1.42 bits per heavy atom. The van der Waals surface area contributed by atoms with Crippen LogP contribution in [0.25, 0.3) is 0 Å². The van der Waals surface area contributed by atoms with Crippen LogP contribution in [0.3, 0.4) is 0 Å². The van der Waals surface area contributed by atoms with Crippen molar-refractivity contribution in [1.29, 1.82) is 0 Å². The third kappa shape index (κ3) is 2.67. The number of para-hydroxylation sites is 1. The average Bonchev–Trinajstić information content (AvgIpc) is 2.47. The number of nitrogens with zero attached hydrogens (tertiary/aromatic N) is 1. The smallest absolute Gasteiger partial charge is 0.257 e. The lowest BCUT2D eigenvalue weighted by Crippen LogP contribution is -2.36. The van der Waals surface area contributed by atoms with E-state index in [1.807, 2.05) is 30.1 Å². The van der Waals surface area contributed by atoms with Gasteiger partial charge in [-0.1, -0.05) is 19.9 Å². The highest BCUT2D eigenvalue weighted by atomic mass is 16.5. The van der Waals surface area contributed by atoms with Crippen molar-refractivity contribution in [3.05, 3.63) is 23.8 Å². The van der Waals surface area contributed by atoms with Gasteiger partial charge < -0.3 is 15.0 Å². The van der Waals surface area contributed by atoms with E-state index in [1.54, 1.807) is 0 Å². The number of nitrogens with one attached hydrogen (secondary N) is 1. The lowest BCUT2D eigenvalue weighted by atomic mass is 10.1. The predicted octanol–water partition coefficient (Wildman–Crippen LogP) is 2.75. The number of benzene rings is 1. The third-order valence-corrected chi connectivity index (χ3v) is 3.72. The minimum absolute atomic E-state index is 0.0363. The van der Waals surface area contributed by atoms with E-state index in [1.165, 1.54) is 0 Å². The largest absolute Gasteiger partial charge is 0.489 e. The van der Waals surface area contributed by atoms with Crippen molar-refractivity contribution < 1.29 is 9.53 Å². The zero-order valence-corrected chi connectivity index (χ0v) is 11.9. The first-order valence-corrected chi connectivity index (χ1v) is 6.95. The maximum atomic E-state index is 12.6. The monoisotopic (exact) mass is 262 g/mol. The maximum Gasteiger partial charge on any atom is 0.257 e. The lowest BCUT2D eigenvalue weighted by Gasteiger charge is -2.28. The summed E-state index contributed by atoms with van der Waals surface area (Å²) in [5, 5.41) is 3.26. The highest BCUT2D eigenvalue weighted by Gasteiger charge is 2.24. The normalized spacial score (nSPS) is 13.5. The van der Waals surface area contributed by atoms with Crippen molar-refractivity contribution in [3.63, 3.8) is 0 Å². The zero-order valence-electron chi connectivity index (χ0n) is 11.9. The molecule has 4 heteroatoms. The number of carbonyl (C=O) groups is 1. The van der Waals surface area contributed by atoms with Crippen LogP contribution in [-0.2, 0) is 0 Å². The van der Waals surface area contributed by atoms with E-state index in [-0.39, 0.29) is 11.9 Å². The lowest BCUT2D eigenvalue weighted by molar-refractivity contribution is 0.0719. The highest BCUT2D eigenvalue weighted by molar-refractivity contribution is 5.99. The molecule has 4 nitrogen and oxygen atoms in total. The predicted molar refractivity (Wildman–Crippen MR) is 76.9 cm³/mol. The van der Waals surface area contributed by atoms with Crippen LogP contribution in [0.2, 0.25) is 0 Å². The summed E-state index contributed by atoms with van der Waals surface area (Å²) in [6, 6.07) is 5.96. The number of rotatable bonds is 4. The zero-order chi connectivity index (χ0) is 13.8. The van der Waals surface area contributed by atoms with E-state index in [0.29, 0.717) is 17.9 Å². The topological polar surface area (TPSA) is 41.6 Å². The molecular formula is C15H22N2O2. The fraction of sp³-hybridized carbons (Fsp3) is 0.533. The van der Waals surface area contributed by atoms with Crippen LogP contribution < -0.4 is 10.1 Å². The molecule has 1 aliphatic heterocycles. The van der Waals surface area contributed by atoms with Gasteiger partial charge in [0.2, 0.25) is 0 Å². The summed E-state index contributed by atoms with van der Waals surface area (Å²) in [5.41, 5.74) is 1.56. The molecule has 0 unspecified atom stereocenters. The maximum absolute atomic E-state index is 12.6. The van der Waals surface area contributed by atoms with E-state index in [2.05, 4.69) is 19.2 Å². The molecule has 1 N–H and O–H groups in total. The van der Waals surface area contributed by atoms with Gasteiger partial charge in [-0.3, -0.25) is 4.79 Å². The molecule has 0 fully saturated rings. The van der Waals surface area contributed by atoms with Crippen LogP contribution in [0.15, 0.2) is 18.2 Å². The van der Waals surface area contributed by atoms with Crippen molar-refractivity contribution in [2.24, 2.45) is 0 Å². The Kier molecular flexibility index (Phi) is 4.30. The van der Waals surface area contributed by atoms with E-state index in [0.717, 1.165) is 25.1 Å². The summed E-state index contributed by atoms with van der Waals surface area (Å²) in [4.78, 5) is 14.4. The van der Waals surface area contributed by atoms with E-state index < -0.39 is 0 Å². The van der Waals surface area contributed by atoms with Crippen LogP contribution in [-0.4, -0.2) is 37.0 Å². The fourth-order valence-corrected chi connectivity index (χ4v) is 2.53. The number of anilines is 1. The SMILES string of the molecule is CCC(CC)N(C)C(=O)c1cccc2c1OCCN2. The molecule has 1 aliphatic rings. The van der Waals surface area contributed by atoms with Crippen molar-refractivity contribution in [2.45, 2.75) is 32.7 Å². The molecule has 1 heterocycles. The number of hydrogen-bond donors (Lipinski definition) is 1. The highest BCUT2D eigenvalue weighted by Crippen LogP contribution is 2.32. The van der Waals surface area contributed by atoms with Crippen LogP contribution >= 0.6 is 0 Å². The molecule has 1 amide bonds. The van der Waals surface area contributed by atoms with Crippen molar-refractivity contribution in [1.82, 2.24) is 4.90 Å². The molecular weight excluding hydrogens is 240 g/mol. The van der Waals surface area contributed by atoms with Crippen LogP contribution in [0.5, 0.6) is 5.75 Å². The molecule has 0 radical (unpaired) electrons. The summed E-state index contributed by atoms with van der Waals surface area (Å²) < 4.78 is 5.66. The van der Waals surface area contributed by atoms with Gasteiger partial charge in [-0.25, -0.2) is 0 Å². The summed E-state index contributed by atoms with van der Waals surface area (Å²) in [5.74, 6) is 0.728. The molecule has 0 spiro atoms. The fourth-order valence-electron chi connectivity index (χ4n) is 2.53. The molecule has 1 aromatic carbocycles.